The summed E-state index contributed by atoms with van der Waals surface area (Å²) >= 11 is 1.52. The Kier molecular flexibility index (Phi) is 3.97. The maximum atomic E-state index is 5.64. The van der Waals surface area contributed by atoms with E-state index in [-0.39, 0.29) is 5.41 Å². The van der Waals surface area contributed by atoms with E-state index >= 15 is 0 Å². The van der Waals surface area contributed by atoms with E-state index in [4.69, 9.17) is 9.72 Å². The number of nitrogens with zero attached hydrogens (tertiary/aromatic N) is 3. The average molecular weight is 296 g/mol. The molecule has 20 heavy (non-hydrogen) atoms. The summed E-state index contributed by atoms with van der Waals surface area (Å²) in [4.78, 5) is 7.12. The van der Waals surface area contributed by atoms with Crippen molar-refractivity contribution >= 4 is 16.7 Å². The highest BCUT2D eigenvalue weighted by molar-refractivity contribution is 7.09. The molecule has 0 spiro atoms. The summed E-state index contributed by atoms with van der Waals surface area (Å²) in [5.74, 6) is 0.942. The van der Waals surface area contributed by atoms with Crippen LogP contribution in [0.2, 0.25) is 0 Å². The van der Waals surface area contributed by atoms with Gasteiger partial charge in [-0.2, -0.15) is 4.37 Å². The third-order valence-corrected chi connectivity index (χ3v) is 4.53. The molecule has 0 amide bonds. The van der Waals surface area contributed by atoms with Gasteiger partial charge in [-0.05, 0) is 12.8 Å². The van der Waals surface area contributed by atoms with Crippen molar-refractivity contribution < 1.29 is 4.74 Å². The summed E-state index contributed by atoms with van der Waals surface area (Å²) in [6.07, 6.45) is 2.64. The molecule has 1 aromatic rings. The molecule has 2 aliphatic rings. The normalized spacial score (nSPS) is 24.1. The molecular weight excluding hydrogens is 272 g/mol. The standard InChI is InChI=1S/C14H24N4OS/c1-14(2,3)12-16-13(20-17-12)18-6-7-19-9-11(18)8-15-10-4-5-10/h10-11,15H,4-9H2,1-3H3. The van der Waals surface area contributed by atoms with Crippen LogP contribution in [0.25, 0.3) is 0 Å². The largest absolute Gasteiger partial charge is 0.377 e. The average Bonchev–Trinajstić information content (AvgIpc) is 3.09. The molecule has 1 aliphatic heterocycles. The van der Waals surface area contributed by atoms with Gasteiger partial charge < -0.3 is 15.0 Å². The third kappa shape index (κ3) is 3.30. The highest BCUT2D eigenvalue weighted by Crippen LogP contribution is 2.27. The molecule has 6 heteroatoms. The van der Waals surface area contributed by atoms with E-state index in [0.717, 1.165) is 43.3 Å². The molecule has 2 heterocycles. The molecule has 5 nitrogen and oxygen atoms in total. The van der Waals surface area contributed by atoms with E-state index in [1.54, 1.807) is 0 Å². The van der Waals surface area contributed by atoms with Crippen LogP contribution in [0.3, 0.4) is 0 Å². The molecule has 1 saturated carbocycles. The minimum atomic E-state index is 0.0167. The van der Waals surface area contributed by atoms with E-state index in [1.165, 1.54) is 24.4 Å². The van der Waals surface area contributed by atoms with Gasteiger partial charge in [0.05, 0.1) is 19.3 Å². The van der Waals surface area contributed by atoms with Gasteiger partial charge in [0.1, 0.15) is 5.82 Å². The van der Waals surface area contributed by atoms with Crippen molar-refractivity contribution in [1.82, 2.24) is 14.7 Å². The highest BCUT2D eigenvalue weighted by atomic mass is 32.1. The van der Waals surface area contributed by atoms with Crippen LogP contribution in [0.15, 0.2) is 0 Å². The van der Waals surface area contributed by atoms with E-state index < -0.39 is 0 Å². The monoisotopic (exact) mass is 296 g/mol. The van der Waals surface area contributed by atoms with Crippen LogP contribution < -0.4 is 10.2 Å². The zero-order chi connectivity index (χ0) is 14.2. The van der Waals surface area contributed by atoms with Crippen LogP contribution in [0.5, 0.6) is 0 Å². The van der Waals surface area contributed by atoms with Gasteiger partial charge in [-0.15, -0.1) is 0 Å². The number of anilines is 1. The summed E-state index contributed by atoms with van der Waals surface area (Å²) in [6, 6.07) is 1.11. The van der Waals surface area contributed by atoms with Crippen molar-refractivity contribution in [3.63, 3.8) is 0 Å². The summed E-state index contributed by atoms with van der Waals surface area (Å²) in [5.41, 5.74) is 0.0167. The molecule has 3 rings (SSSR count). The predicted octanol–water partition coefficient (Wildman–Crippen LogP) is 1.79. The van der Waals surface area contributed by atoms with Gasteiger partial charge in [-0.3, -0.25) is 0 Å². The minimum absolute atomic E-state index is 0.0167. The summed E-state index contributed by atoms with van der Waals surface area (Å²) in [7, 11) is 0. The molecule has 1 atom stereocenters. The fraction of sp³-hybridized carbons (Fsp3) is 0.857. The Bertz CT molecular complexity index is 452. The van der Waals surface area contributed by atoms with Crippen LogP contribution in [-0.4, -0.2) is 47.7 Å². The number of aromatic nitrogens is 2. The van der Waals surface area contributed by atoms with Crippen LogP contribution in [0, 0.1) is 0 Å². The molecule has 0 radical (unpaired) electrons. The van der Waals surface area contributed by atoms with Crippen molar-refractivity contribution in [2.45, 2.75) is 51.1 Å². The lowest BCUT2D eigenvalue weighted by Crippen LogP contribution is -2.51. The smallest absolute Gasteiger partial charge is 0.205 e. The molecule has 1 unspecified atom stereocenters. The predicted molar refractivity (Wildman–Crippen MR) is 81.6 cm³/mol. The van der Waals surface area contributed by atoms with E-state index in [0.29, 0.717) is 6.04 Å². The molecule has 0 aromatic carbocycles. The lowest BCUT2D eigenvalue weighted by molar-refractivity contribution is 0.0936. The Balaban J connectivity index is 1.69. The molecule has 1 aliphatic carbocycles. The van der Waals surface area contributed by atoms with Crippen LogP contribution >= 0.6 is 11.5 Å². The molecule has 0 bridgehead atoms. The molecule has 2 fully saturated rings. The fourth-order valence-electron chi connectivity index (χ4n) is 2.30. The first-order chi connectivity index (χ1) is 9.54. The topological polar surface area (TPSA) is 50.3 Å². The fourth-order valence-corrected chi connectivity index (χ4v) is 3.26. The van der Waals surface area contributed by atoms with Gasteiger partial charge in [-0.25, -0.2) is 4.98 Å². The molecule has 1 aromatic heterocycles. The van der Waals surface area contributed by atoms with E-state index in [2.05, 4.69) is 35.4 Å². The SMILES string of the molecule is CC(C)(C)c1nsc(N2CCOCC2CNC2CC2)n1. The first-order valence-electron chi connectivity index (χ1n) is 7.46. The number of hydrogen-bond acceptors (Lipinski definition) is 6. The van der Waals surface area contributed by atoms with Gasteiger partial charge in [0.15, 0.2) is 0 Å². The number of ether oxygens (including phenoxy) is 1. The maximum Gasteiger partial charge on any atom is 0.205 e. The van der Waals surface area contributed by atoms with Crippen LogP contribution in [-0.2, 0) is 10.2 Å². The second kappa shape index (κ2) is 5.58. The highest BCUT2D eigenvalue weighted by Gasteiger charge is 2.30. The molecule has 1 N–H and O–H groups in total. The zero-order valence-electron chi connectivity index (χ0n) is 12.6. The Labute approximate surface area is 124 Å². The van der Waals surface area contributed by atoms with Crippen molar-refractivity contribution in [1.29, 1.82) is 0 Å². The quantitative estimate of drug-likeness (QED) is 0.918. The van der Waals surface area contributed by atoms with Gasteiger partial charge in [-0.1, -0.05) is 20.8 Å². The first-order valence-corrected chi connectivity index (χ1v) is 8.23. The molecule has 1 saturated heterocycles. The summed E-state index contributed by atoms with van der Waals surface area (Å²) in [5, 5.41) is 4.64. The van der Waals surface area contributed by atoms with Crippen LogP contribution in [0.1, 0.15) is 39.4 Å². The Morgan fingerprint density at radius 3 is 2.85 bits per heavy atom. The number of rotatable bonds is 4. The Morgan fingerprint density at radius 2 is 2.20 bits per heavy atom. The van der Waals surface area contributed by atoms with Crippen molar-refractivity contribution in [3.05, 3.63) is 5.82 Å². The Morgan fingerprint density at radius 1 is 1.40 bits per heavy atom. The van der Waals surface area contributed by atoms with Gasteiger partial charge in [0, 0.05) is 36.1 Å². The second-order valence-corrected chi connectivity index (χ2v) is 7.49. The van der Waals surface area contributed by atoms with E-state index in [1.807, 2.05) is 0 Å². The minimum Gasteiger partial charge on any atom is -0.377 e. The van der Waals surface area contributed by atoms with Crippen LogP contribution in [0.4, 0.5) is 5.13 Å². The molecule has 112 valence electrons. The molecular formula is C14H24N4OS. The van der Waals surface area contributed by atoms with E-state index in [9.17, 15) is 0 Å². The second-order valence-electron chi connectivity index (χ2n) is 6.76. The van der Waals surface area contributed by atoms with Gasteiger partial charge in [0.2, 0.25) is 5.13 Å². The Hall–Kier alpha value is -0.720. The third-order valence-electron chi connectivity index (χ3n) is 3.78. The summed E-state index contributed by atoms with van der Waals surface area (Å²) in [6.45, 7) is 9.93. The number of hydrogen-bond donors (Lipinski definition) is 1. The van der Waals surface area contributed by atoms with Gasteiger partial charge in [0.25, 0.3) is 0 Å². The number of nitrogens with one attached hydrogen (secondary N) is 1. The lowest BCUT2D eigenvalue weighted by atomic mass is 9.96. The lowest BCUT2D eigenvalue weighted by Gasteiger charge is -2.35. The van der Waals surface area contributed by atoms with Crippen molar-refractivity contribution in [3.8, 4) is 0 Å². The van der Waals surface area contributed by atoms with Crippen molar-refractivity contribution in [2.24, 2.45) is 0 Å². The summed E-state index contributed by atoms with van der Waals surface area (Å²) < 4.78 is 10.2. The zero-order valence-corrected chi connectivity index (χ0v) is 13.4. The first kappa shape index (κ1) is 14.2. The van der Waals surface area contributed by atoms with Crippen molar-refractivity contribution in [2.75, 3.05) is 31.2 Å². The number of morpholine rings is 1. The maximum absolute atomic E-state index is 5.64. The van der Waals surface area contributed by atoms with Gasteiger partial charge >= 0.3 is 0 Å².